The van der Waals surface area contributed by atoms with Crippen LogP contribution in [0, 0.1) is 6.92 Å². The molecule has 8 heteroatoms. The minimum Gasteiger partial charge on any atom is -0.496 e. The van der Waals surface area contributed by atoms with Gasteiger partial charge in [-0.05, 0) is 69.1 Å². The molecule has 5 nitrogen and oxygen atoms in total. The normalized spacial score (nSPS) is 11.2. The van der Waals surface area contributed by atoms with E-state index < -0.39 is 10.0 Å². The first-order valence-electron chi connectivity index (χ1n) is 5.83. The number of hydrogen-bond donors (Lipinski definition) is 1. The molecule has 1 N–H and O–H groups in total. The second-order valence-electron chi connectivity index (χ2n) is 4.17. The molecule has 0 unspecified atom stereocenters. The summed E-state index contributed by atoms with van der Waals surface area (Å²) in [6.07, 6.45) is 0. The molecule has 2 aromatic rings. The number of benzene rings is 1. The Morgan fingerprint density at radius 2 is 1.90 bits per heavy atom. The molecule has 0 amide bonds. The Hall–Kier alpha value is -1.12. The van der Waals surface area contributed by atoms with E-state index in [-0.39, 0.29) is 4.90 Å². The standard InChI is InChI=1S/C13H12Br2N2O3S/c1-8-11(4-6-13(15)16-8)17-21(18,19)9-3-5-12(20-2)10(14)7-9/h3-7,17H,1-2H3. The fourth-order valence-corrected chi connectivity index (χ4v) is 3.89. The van der Waals surface area contributed by atoms with Gasteiger partial charge in [-0.1, -0.05) is 0 Å². The van der Waals surface area contributed by atoms with Crippen molar-refractivity contribution in [3.05, 3.63) is 45.1 Å². The molecule has 0 saturated carbocycles. The van der Waals surface area contributed by atoms with Crippen molar-refractivity contribution in [3.63, 3.8) is 0 Å². The number of hydrogen-bond acceptors (Lipinski definition) is 4. The van der Waals surface area contributed by atoms with E-state index in [1.807, 2.05) is 0 Å². The molecule has 2 rings (SSSR count). The SMILES string of the molecule is COc1ccc(S(=O)(=O)Nc2ccc(Br)nc2C)cc1Br. The molecule has 0 aliphatic heterocycles. The Balaban J connectivity index is 2.36. The van der Waals surface area contributed by atoms with Crippen LogP contribution < -0.4 is 9.46 Å². The third-order valence-corrected chi connectivity index (χ3v) is 5.15. The van der Waals surface area contributed by atoms with Crippen LogP contribution in [0.15, 0.2) is 44.3 Å². The summed E-state index contributed by atoms with van der Waals surface area (Å²) in [6.45, 7) is 1.73. The lowest BCUT2D eigenvalue weighted by atomic mass is 10.3. The van der Waals surface area contributed by atoms with E-state index in [4.69, 9.17) is 4.74 Å². The van der Waals surface area contributed by atoms with E-state index in [0.717, 1.165) is 0 Å². The quantitative estimate of drug-likeness (QED) is 0.743. The molecule has 0 aliphatic rings. The third-order valence-electron chi connectivity index (χ3n) is 2.73. The van der Waals surface area contributed by atoms with E-state index in [1.165, 1.54) is 19.2 Å². The Morgan fingerprint density at radius 1 is 1.19 bits per heavy atom. The average molecular weight is 436 g/mol. The second kappa shape index (κ2) is 6.33. The van der Waals surface area contributed by atoms with Gasteiger partial charge in [-0.3, -0.25) is 4.72 Å². The first-order valence-corrected chi connectivity index (χ1v) is 8.90. The van der Waals surface area contributed by atoms with Gasteiger partial charge < -0.3 is 4.74 Å². The number of anilines is 1. The summed E-state index contributed by atoms with van der Waals surface area (Å²) in [6, 6.07) is 7.89. The fraction of sp³-hybridized carbons (Fsp3) is 0.154. The molecule has 0 fully saturated rings. The zero-order valence-corrected chi connectivity index (χ0v) is 15.2. The number of methoxy groups -OCH3 is 1. The number of ether oxygens (including phenoxy) is 1. The van der Waals surface area contributed by atoms with Gasteiger partial charge in [0.25, 0.3) is 10.0 Å². The number of nitrogens with zero attached hydrogens (tertiary/aromatic N) is 1. The first kappa shape index (κ1) is 16.3. The Kier molecular flexibility index (Phi) is 4.90. The monoisotopic (exact) mass is 434 g/mol. The number of nitrogens with one attached hydrogen (secondary N) is 1. The summed E-state index contributed by atoms with van der Waals surface area (Å²) in [4.78, 5) is 4.29. The predicted octanol–water partition coefficient (Wildman–Crippen LogP) is 3.72. The second-order valence-corrected chi connectivity index (χ2v) is 7.52. The van der Waals surface area contributed by atoms with E-state index >= 15 is 0 Å². The lowest BCUT2D eigenvalue weighted by Crippen LogP contribution is -2.14. The average Bonchev–Trinajstić information content (AvgIpc) is 2.42. The molecule has 1 heterocycles. The molecule has 0 spiro atoms. The molecule has 0 saturated heterocycles. The van der Waals surface area contributed by atoms with Gasteiger partial charge in [-0.25, -0.2) is 13.4 Å². The summed E-state index contributed by atoms with van der Waals surface area (Å²) in [5.41, 5.74) is 1.02. The van der Waals surface area contributed by atoms with Crippen LogP contribution in [0.5, 0.6) is 5.75 Å². The first-order chi connectivity index (χ1) is 9.83. The molecule has 0 radical (unpaired) electrons. The van der Waals surface area contributed by atoms with Crippen LogP contribution in [-0.2, 0) is 10.0 Å². The number of rotatable bonds is 4. The van der Waals surface area contributed by atoms with Gasteiger partial charge in [0, 0.05) is 0 Å². The van der Waals surface area contributed by atoms with Crippen LogP contribution in [0.3, 0.4) is 0 Å². The van der Waals surface area contributed by atoms with E-state index in [1.54, 1.807) is 25.1 Å². The van der Waals surface area contributed by atoms with Crippen LogP contribution >= 0.6 is 31.9 Å². The van der Waals surface area contributed by atoms with Crippen LogP contribution in [-0.4, -0.2) is 20.5 Å². The molecule has 1 aromatic heterocycles. The lowest BCUT2D eigenvalue weighted by molar-refractivity contribution is 0.411. The maximum Gasteiger partial charge on any atom is 0.261 e. The minimum atomic E-state index is -3.69. The van der Waals surface area contributed by atoms with Crippen molar-refractivity contribution in [1.29, 1.82) is 0 Å². The molecular formula is C13H12Br2N2O3S. The van der Waals surface area contributed by atoms with Crippen LogP contribution in [0.4, 0.5) is 5.69 Å². The van der Waals surface area contributed by atoms with Gasteiger partial charge in [-0.2, -0.15) is 0 Å². The maximum atomic E-state index is 12.4. The Labute approximate surface area is 140 Å². The largest absolute Gasteiger partial charge is 0.496 e. The van der Waals surface area contributed by atoms with Gasteiger partial charge >= 0.3 is 0 Å². The lowest BCUT2D eigenvalue weighted by Gasteiger charge is -2.11. The Bertz CT molecular complexity index is 779. The summed E-state index contributed by atoms with van der Waals surface area (Å²) in [5, 5.41) is 0. The van der Waals surface area contributed by atoms with Crippen molar-refractivity contribution in [2.45, 2.75) is 11.8 Å². The van der Waals surface area contributed by atoms with Crippen molar-refractivity contribution in [3.8, 4) is 5.75 Å². The van der Waals surface area contributed by atoms with E-state index in [9.17, 15) is 8.42 Å². The predicted molar refractivity (Wildman–Crippen MR) is 88.2 cm³/mol. The van der Waals surface area contributed by atoms with Gasteiger partial charge in [0.05, 0.1) is 27.9 Å². The zero-order valence-electron chi connectivity index (χ0n) is 11.2. The van der Waals surface area contributed by atoms with Crippen LogP contribution in [0.25, 0.3) is 0 Å². The summed E-state index contributed by atoms with van der Waals surface area (Å²) >= 11 is 6.51. The molecular weight excluding hydrogens is 424 g/mol. The number of aryl methyl sites for hydroxylation is 1. The van der Waals surface area contributed by atoms with E-state index in [0.29, 0.717) is 26.2 Å². The highest BCUT2D eigenvalue weighted by Crippen LogP contribution is 2.28. The summed E-state index contributed by atoms with van der Waals surface area (Å²) < 4.78 is 33.6. The third kappa shape index (κ3) is 3.75. The van der Waals surface area contributed by atoms with Gasteiger partial charge in [-0.15, -0.1) is 0 Å². The molecule has 1 aromatic carbocycles. The number of sulfonamides is 1. The van der Waals surface area contributed by atoms with Crippen LogP contribution in [0.2, 0.25) is 0 Å². The fourth-order valence-electron chi connectivity index (χ4n) is 1.66. The van der Waals surface area contributed by atoms with Crippen molar-refractivity contribution in [1.82, 2.24) is 4.98 Å². The summed E-state index contributed by atoms with van der Waals surface area (Å²) in [7, 11) is -2.17. The maximum absolute atomic E-state index is 12.4. The van der Waals surface area contributed by atoms with Gasteiger partial charge in [0.2, 0.25) is 0 Å². The van der Waals surface area contributed by atoms with Crippen molar-refractivity contribution >= 4 is 47.6 Å². The molecule has 0 bridgehead atoms. The molecule has 21 heavy (non-hydrogen) atoms. The number of halogens is 2. The van der Waals surface area contributed by atoms with Gasteiger partial charge in [0.1, 0.15) is 10.4 Å². The molecule has 0 aliphatic carbocycles. The highest BCUT2D eigenvalue weighted by Gasteiger charge is 2.17. The van der Waals surface area contributed by atoms with Crippen molar-refractivity contribution < 1.29 is 13.2 Å². The van der Waals surface area contributed by atoms with Crippen molar-refractivity contribution in [2.24, 2.45) is 0 Å². The number of aromatic nitrogens is 1. The zero-order chi connectivity index (χ0) is 15.6. The van der Waals surface area contributed by atoms with Crippen LogP contribution in [0.1, 0.15) is 5.69 Å². The van der Waals surface area contributed by atoms with Crippen molar-refractivity contribution in [2.75, 3.05) is 11.8 Å². The van der Waals surface area contributed by atoms with E-state index in [2.05, 4.69) is 41.6 Å². The minimum absolute atomic E-state index is 0.137. The Morgan fingerprint density at radius 3 is 2.48 bits per heavy atom. The smallest absolute Gasteiger partial charge is 0.261 e. The van der Waals surface area contributed by atoms with Gasteiger partial charge in [0.15, 0.2) is 0 Å². The highest BCUT2D eigenvalue weighted by molar-refractivity contribution is 9.10. The molecule has 112 valence electrons. The molecule has 0 atom stereocenters. The summed E-state index contributed by atoms with van der Waals surface area (Å²) in [5.74, 6) is 0.565. The highest BCUT2D eigenvalue weighted by atomic mass is 79.9. The topological polar surface area (TPSA) is 68.3 Å². The number of pyridine rings is 1.